The van der Waals surface area contributed by atoms with Gasteiger partial charge in [-0.1, -0.05) is 23.7 Å². The molecule has 1 unspecified atom stereocenters. The summed E-state index contributed by atoms with van der Waals surface area (Å²) in [6.07, 6.45) is 6.40. The summed E-state index contributed by atoms with van der Waals surface area (Å²) in [5, 5.41) is 0.756. The van der Waals surface area contributed by atoms with Crippen molar-refractivity contribution in [2.45, 2.75) is 16.9 Å². The Morgan fingerprint density at radius 3 is 2.50 bits per heavy atom. The van der Waals surface area contributed by atoms with E-state index in [9.17, 15) is 18.0 Å². The summed E-state index contributed by atoms with van der Waals surface area (Å²) in [5.74, 6) is -0.459. The summed E-state index contributed by atoms with van der Waals surface area (Å²) >= 11 is 5.94. The van der Waals surface area contributed by atoms with Crippen LogP contribution in [0.1, 0.15) is 15.9 Å². The Kier molecular flexibility index (Phi) is 5.13. The number of fused-ring (bicyclic) bond motifs is 1. The minimum Gasteiger partial charge on any atom is -0.360 e. The van der Waals surface area contributed by atoms with Gasteiger partial charge in [0.15, 0.2) is 11.2 Å². The number of pyridine rings is 1. The summed E-state index contributed by atoms with van der Waals surface area (Å²) in [7, 11) is 1.42. The van der Waals surface area contributed by atoms with Crippen molar-refractivity contribution < 1.29 is 13.2 Å². The van der Waals surface area contributed by atoms with E-state index in [0.29, 0.717) is 5.02 Å². The average Bonchev–Trinajstić information content (AvgIpc) is 3.18. The number of benzene rings is 2. The maximum atomic E-state index is 13.4. The number of aliphatic imine (C=N–C) groups is 1. The first-order valence-electron chi connectivity index (χ1n) is 8.82. The molecule has 1 atom stereocenters. The van der Waals surface area contributed by atoms with Crippen molar-refractivity contribution >= 4 is 54.2 Å². The number of rotatable bonds is 5. The monoisotopic (exact) mass is 460 g/mol. The average molecular weight is 461 g/mol. The van der Waals surface area contributed by atoms with Crippen molar-refractivity contribution in [2.24, 2.45) is 4.99 Å². The van der Waals surface area contributed by atoms with Gasteiger partial charge in [-0.2, -0.15) is 0 Å². The molecule has 6 nitrogen and oxygen atoms in total. The quantitative estimate of drug-likeness (QED) is 0.460. The predicted octanol–water partition coefficient (Wildman–Crippen LogP) is 3.91. The standard InChI is InChI=1S/C21H14Cl2N2O4S/c22-14-4-2-13(3-5-14)11-21(8-1-9-25-21)20(27)17-12-24-18-10-15(30(23,28)29)6-7-16(18)19(17)26/h1-10,12H,11H2,(H,24,26). The van der Waals surface area contributed by atoms with Crippen molar-refractivity contribution in [3.05, 3.63) is 87.2 Å². The first-order valence-corrected chi connectivity index (χ1v) is 11.5. The van der Waals surface area contributed by atoms with Gasteiger partial charge in [0.2, 0.25) is 0 Å². The summed E-state index contributed by atoms with van der Waals surface area (Å²) in [6.45, 7) is 0. The van der Waals surface area contributed by atoms with Gasteiger partial charge >= 0.3 is 0 Å². The zero-order valence-electron chi connectivity index (χ0n) is 15.3. The van der Waals surface area contributed by atoms with Crippen molar-refractivity contribution in [3.63, 3.8) is 0 Å². The Hall–Kier alpha value is -2.74. The highest BCUT2D eigenvalue weighted by molar-refractivity contribution is 8.13. The van der Waals surface area contributed by atoms with E-state index in [-0.39, 0.29) is 27.8 Å². The minimum atomic E-state index is -3.95. The van der Waals surface area contributed by atoms with Gasteiger partial charge in [0.1, 0.15) is 5.54 Å². The third-order valence-electron chi connectivity index (χ3n) is 4.92. The molecule has 0 spiro atoms. The normalized spacial score (nSPS) is 18.2. The number of allylic oxidation sites excluding steroid dienone is 1. The van der Waals surface area contributed by atoms with Crippen LogP contribution in [0.15, 0.2) is 75.5 Å². The SMILES string of the molecule is O=C(c1c[nH]c2cc(S(=O)(=O)Cl)ccc2c1=O)C1(Cc2ccc(Cl)cc2)C=CC=N1. The van der Waals surface area contributed by atoms with Gasteiger partial charge in [-0.25, -0.2) is 8.42 Å². The maximum Gasteiger partial charge on any atom is 0.261 e. The lowest BCUT2D eigenvalue weighted by atomic mass is 9.84. The number of hydrogen-bond acceptors (Lipinski definition) is 5. The molecule has 0 bridgehead atoms. The highest BCUT2D eigenvalue weighted by Crippen LogP contribution is 2.28. The van der Waals surface area contributed by atoms with Crippen LogP contribution in [0.5, 0.6) is 0 Å². The van der Waals surface area contributed by atoms with Crippen LogP contribution < -0.4 is 5.43 Å². The summed E-state index contributed by atoms with van der Waals surface area (Å²) in [4.78, 5) is 33.5. The van der Waals surface area contributed by atoms with E-state index in [1.807, 2.05) is 0 Å². The molecule has 9 heteroatoms. The molecule has 1 aliphatic rings. The largest absolute Gasteiger partial charge is 0.360 e. The Morgan fingerprint density at radius 1 is 1.13 bits per heavy atom. The number of carbonyl (C=O) groups is 1. The van der Waals surface area contributed by atoms with Crippen LogP contribution in [0.25, 0.3) is 10.9 Å². The lowest BCUT2D eigenvalue weighted by Crippen LogP contribution is -2.38. The van der Waals surface area contributed by atoms with E-state index in [1.165, 1.54) is 30.6 Å². The van der Waals surface area contributed by atoms with Crippen LogP contribution in [0.2, 0.25) is 5.02 Å². The van der Waals surface area contributed by atoms with Gasteiger partial charge in [-0.05, 0) is 48.0 Å². The molecule has 0 saturated heterocycles. The zero-order valence-corrected chi connectivity index (χ0v) is 17.6. The number of hydrogen-bond donors (Lipinski definition) is 1. The minimum absolute atomic E-state index is 0.0679. The van der Waals surface area contributed by atoms with E-state index in [1.54, 1.807) is 36.4 Å². The molecule has 1 aromatic heterocycles. The molecule has 3 aromatic rings. The van der Waals surface area contributed by atoms with E-state index in [2.05, 4.69) is 9.98 Å². The van der Waals surface area contributed by atoms with Crippen LogP contribution in [0, 0.1) is 0 Å². The van der Waals surface area contributed by atoms with Crippen LogP contribution in [-0.2, 0) is 15.5 Å². The number of H-pyrrole nitrogens is 1. The van der Waals surface area contributed by atoms with Crippen LogP contribution in [-0.4, -0.2) is 30.9 Å². The highest BCUT2D eigenvalue weighted by atomic mass is 35.7. The Labute approximate surface area is 181 Å². The molecule has 2 aromatic carbocycles. The van der Waals surface area contributed by atoms with Gasteiger partial charge in [0.05, 0.1) is 16.0 Å². The number of aromatic nitrogens is 1. The van der Waals surface area contributed by atoms with Gasteiger partial charge in [-0.15, -0.1) is 0 Å². The first-order chi connectivity index (χ1) is 14.2. The van der Waals surface area contributed by atoms with Crippen molar-refractivity contribution in [1.82, 2.24) is 4.98 Å². The summed E-state index contributed by atoms with van der Waals surface area (Å²) in [5.41, 5.74) is -0.727. The number of carbonyl (C=O) groups excluding carboxylic acids is 1. The molecule has 0 amide bonds. The van der Waals surface area contributed by atoms with E-state index in [0.717, 1.165) is 5.56 Å². The second-order valence-electron chi connectivity index (χ2n) is 6.87. The second-order valence-corrected chi connectivity index (χ2v) is 9.87. The fourth-order valence-electron chi connectivity index (χ4n) is 3.41. The molecule has 2 heterocycles. The summed E-state index contributed by atoms with van der Waals surface area (Å²) < 4.78 is 23.1. The highest BCUT2D eigenvalue weighted by Gasteiger charge is 2.39. The molecule has 1 N–H and O–H groups in total. The van der Waals surface area contributed by atoms with Gasteiger partial charge in [0, 0.05) is 39.9 Å². The third-order valence-corrected chi connectivity index (χ3v) is 6.52. The molecule has 0 aliphatic carbocycles. The fourth-order valence-corrected chi connectivity index (χ4v) is 4.31. The van der Waals surface area contributed by atoms with Gasteiger partial charge in [0.25, 0.3) is 9.05 Å². The number of ketones is 1. The molecular weight excluding hydrogens is 447 g/mol. The lowest BCUT2D eigenvalue weighted by molar-refractivity contribution is 0.0922. The fraction of sp³-hybridized carbons (Fsp3) is 0.0952. The van der Waals surface area contributed by atoms with E-state index < -0.39 is 25.8 Å². The molecule has 0 fully saturated rings. The number of aromatic amines is 1. The van der Waals surface area contributed by atoms with Crippen molar-refractivity contribution in [3.8, 4) is 0 Å². The molecule has 152 valence electrons. The van der Waals surface area contributed by atoms with E-state index >= 15 is 0 Å². The van der Waals surface area contributed by atoms with Gasteiger partial charge in [-0.3, -0.25) is 14.6 Å². The molecular formula is C21H14Cl2N2O4S. The molecule has 4 rings (SSSR count). The molecule has 30 heavy (non-hydrogen) atoms. The van der Waals surface area contributed by atoms with Crippen LogP contribution in [0.3, 0.4) is 0 Å². The van der Waals surface area contributed by atoms with E-state index in [4.69, 9.17) is 22.3 Å². The molecule has 1 aliphatic heterocycles. The number of Topliss-reactive ketones (excluding diaryl/α,β-unsaturated/α-hetero) is 1. The molecule has 0 saturated carbocycles. The third kappa shape index (κ3) is 3.71. The summed E-state index contributed by atoms with van der Waals surface area (Å²) in [6, 6.07) is 10.9. The molecule has 0 radical (unpaired) electrons. The lowest BCUT2D eigenvalue weighted by Gasteiger charge is -2.23. The predicted molar refractivity (Wildman–Crippen MR) is 117 cm³/mol. The Balaban J connectivity index is 1.78. The topological polar surface area (TPSA) is 96.4 Å². The van der Waals surface area contributed by atoms with Crippen molar-refractivity contribution in [1.29, 1.82) is 0 Å². The maximum absolute atomic E-state index is 13.4. The second kappa shape index (κ2) is 7.50. The zero-order chi connectivity index (χ0) is 21.5. The number of nitrogens with zero attached hydrogens (tertiary/aromatic N) is 1. The Morgan fingerprint density at radius 2 is 1.87 bits per heavy atom. The number of halogens is 2. The van der Waals surface area contributed by atoms with Gasteiger partial charge < -0.3 is 4.98 Å². The number of nitrogens with one attached hydrogen (secondary N) is 1. The first kappa shape index (κ1) is 20.5. The van der Waals surface area contributed by atoms with Crippen LogP contribution >= 0.6 is 22.3 Å². The Bertz CT molecular complexity index is 1380. The van der Waals surface area contributed by atoms with Crippen molar-refractivity contribution in [2.75, 3.05) is 0 Å². The smallest absolute Gasteiger partial charge is 0.261 e. The van der Waals surface area contributed by atoms with Crippen LogP contribution in [0.4, 0.5) is 0 Å².